The summed E-state index contributed by atoms with van der Waals surface area (Å²) < 4.78 is 45.0. The number of rotatable bonds is 4. The molecule has 0 aromatic heterocycles. The van der Waals surface area contributed by atoms with Crippen LogP contribution >= 0.6 is 0 Å². The molecule has 2 rings (SSSR count). The Kier molecular flexibility index (Phi) is 5.01. The van der Waals surface area contributed by atoms with Crippen LogP contribution in [0.15, 0.2) is 12.1 Å². The second kappa shape index (κ2) is 6.56. The molecule has 1 heterocycles. The smallest absolute Gasteiger partial charge is 0.194 e. The molecule has 1 aliphatic rings. The SMILES string of the molecule is CN(C1CCOCC1)C(CN)c1cc(F)c(F)c(F)c1. The molecule has 1 aromatic carbocycles. The Morgan fingerprint density at radius 3 is 2.30 bits per heavy atom. The fraction of sp³-hybridized carbons (Fsp3) is 0.571. The summed E-state index contributed by atoms with van der Waals surface area (Å²) in [5.74, 6) is -3.81. The molecule has 1 aliphatic heterocycles. The van der Waals surface area contributed by atoms with Crippen molar-refractivity contribution < 1.29 is 17.9 Å². The zero-order valence-electron chi connectivity index (χ0n) is 11.4. The standard InChI is InChI=1S/C14H19F3N2O/c1-19(10-2-4-20-5-3-10)13(8-18)9-6-11(15)14(17)12(16)7-9/h6-7,10,13H,2-5,8,18H2,1H3. The van der Waals surface area contributed by atoms with Crippen LogP contribution in [0.1, 0.15) is 24.4 Å². The molecule has 0 saturated carbocycles. The first kappa shape index (κ1) is 15.3. The van der Waals surface area contributed by atoms with E-state index in [0.717, 1.165) is 25.0 Å². The van der Waals surface area contributed by atoms with E-state index in [1.54, 1.807) is 0 Å². The van der Waals surface area contributed by atoms with Gasteiger partial charge in [-0.2, -0.15) is 0 Å². The van der Waals surface area contributed by atoms with Crippen LogP contribution < -0.4 is 5.73 Å². The topological polar surface area (TPSA) is 38.5 Å². The average molecular weight is 288 g/mol. The van der Waals surface area contributed by atoms with E-state index in [1.807, 2.05) is 11.9 Å². The molecule has 112 valence electrons. The van der Waals surface area contributed by atoms with Gasteiger partial charge in [0.2, 0.25) is 0 Å². The minimum absolute atomic E-state index is 0.207. The van der Waals surface area contributed by atoms with Crippen LogP contribution in [0.25, 0.3) is 0 Å². The third kappa shape index (κ3) is 3.13. The number of nitrogens with zero attached hydrogens (tertiary/aromatic N) is 1. The van der Waals surface area contributed by atoms with Crippen LogP contribution in [0.3, 0.4) is 0 Å². The molecule has 0 aliphatic carbocycles. The van der Waals surface area contributed by atoms with E-state index in [0.29, 0.717) is 18.8 Å². The van der Waals surface area contributed by atoms with Gasteiger partial charge in [0.15, 0.2) is 17.5 Å². The molecule has 3 nitrogen and oxygen atoms in total. The van der Waals surface area contributed by atoms with Crippen molar-refractivity contribution in [1.29, 1.82) is 0 Å². The predicted molar refractivity (Wildman–Crippen MR) is 69.7 cm³/mol. The number of hydrogen-bond donors (Lipinski definition) is 1. The van der Waals surface area contributed by atoms with Crippen LogP contribution in [-0.2, 0) is 4.74 Å². The Morgan fingerprint density at radius 2 is 1.80 bits per heavy atom. The minimum Gasteiger partial charge on any atom is -0.381 e. The van der Waals surface area contributed by atoms with Gasteiger partial charge in [-0.3, -0.25) is 4.90 Å². The van der Waals surface area contributed by atoms with E-state index in [9.17, 15) is 13.2 Å². The lowest BCUT2D eigenvalue weighted by molar-refractivity contribution is 0.0293. The van der Waals surface area contributed by atoms with E-state index < -0.39 is 17.5 Å². The van der Waals surface area contributed by atoms with Crippen molar-refractivity contribution in [2.45, 2.75) is 24.9 Å². The van der Waals surface area contributed by atoms with Crippen LogP contribution in [0, 0.1) is 17.5 Å². The van der Waals surface area contributed by atoms with Gasteiger partial charge in [0.1, 0.15) is 0 Å². The van der Waals surface area contributed by atoms with Gasteiger partial charge in [-0.1, -0.05) is 0 Å². The van der Waals surface area contributed by atoms with Crippen molar-refractivity contribution in [2.75, 3.05) is 26.8 Å². The van der Waals surface area contributed by atoms with Gasteiger partial charge >= 0.3 is 0 Å². The molecule has 2 N–H and O–H groups in total. The normalized spacial score (nSPS) is 18.5. The van der Waals surface area contributed by atoms with Crippen molar-refractivity contribution >= 4 is 0 Å². The van der Waals surface area contributed by atoms with Crippen LogP contribution in [-0.4, -0.2) is 37.7 Å². The zero-order chi connectivity index (χ0) is 14.7. The molecule has 20 heavy (non-hydrogen) atoms. The molecular formula is C14H19F3N2O. The summed E-state index contributed by atoms with van der Waals surface area (Å²) in [6.45, 7) is 1.54. The molecule has 6 heteroatoms. The van der Waals surface area contributed by atoms with Crippen molar-refractivity contribution in [3.8, 4) is 0 Å². The lowest BCUT2D eigenvalue weighted by atomic mass is 10.00. The minimum atomic E-state index is -1.45. The number of halogens is 3. The number of benzene rings is 1. The van der Waals surface area contributed by atoms with Crippen molar-refractivity contribution in [3.05, 3.63) is 35.1 Å². The molecule has 1 saturated heterocycles. The highest BCUT2D eigenvalue weighted by Crippen LogP contribution is 2.26. The maximum absolute atomic E-state index is 13.3. The first-order chi connectivity index (χ1) is 9.54. The highest BCUT2D eigenvalue weighted by atomic mass is 19.2. The van der Waals surface area contributed by atoms with Gasteiger partial charge in [-0.25, -0.2) is 13.2 Å². The third-order valence-electron chi connectivity index (χ3n) is 3.87. The van der Waals surface area contributed by atoms with Gasteiger partial charge in [0.25, 0.3) is 0 Å². The van der Waals surface area contributed by atoms with Gasteiger partial charge in [-0.05, 0) is 37.6 Å². The summed E-state index contributed by atoms with van der Waals surface area (Å²) in [6, 6.07) is 1.94. The third-order valence-corrected chi connectivity index (χ3v) is 3.87. The Balaban J connectivity index is 2.22. The van der Waals surface area contributed by atoms with E-state index >= 15 is 0 Å². The maximum atomic E-state index is 13.3. The first-order valence-electron chi connectivity index (χ1n) is 6.68. The van der Waals surface area contributed by atoms with Crippen LogP contribution in [0.4, 0.5) is 13.2 Å². The van der Waals surface area contributed by atoms with Gasteiger partial charge in [0.05, 0.1) is 0 Å². The van der Waals surface area contributed by atoms with E-state index in [4.69, 9.17) is 10.5 Å². The lowest BCUT2D eigenvalue weighted by Crippen LogP contribution is -2.41. The van der Waals surface area contributed by atoms with Crippen molar-refractivity contribution in [1.82, 2.24) is 4.90 Å². The molecule has 1 atom stereocenters. The highest BCUT2D eigenvalue weighted by molar-refractivity contribution is 5.23. The lowest BCUT2D eigenvalue weighted by Gasteiger charge is -2.37. The summed E-state index contributed by atoms with van der Waals surface area (Å²) in [7, 11) is 1.87. The Labute approximate surface area is 116 Å². The molecule has 1 fully saturated rings. The summed E-state index contributed by atoms with van der Waals surface area (Å²) in [5, 5.41) is 0. The van der Waals surface area contributed by atoms with Crippen LogP contribution in [0.5, 0.6) is 0 Å². The Morgan fingerprint density at radius 1 is 1.25 bits per heavy atom. The Hall–Kier alpha value is -1.11. The second-order valence-corrected chi connectivity index (χ2v) is 5.06. The van der Waals surface area contributed by atoms with E-state index in [1.165, 1.54) is 0 Å². The molecule has 0 radical (unpaired) electrons. The summed E-state index contributed by atoms with van der Waals surface area (Å²) in [5.41, 5.74) is 6.10. The second-order valence-electron chi connectivity index (χ2n) is 5.06. The maximum Gasteiger partial charge on any atom is 0.194 e. The number of nitrogens with two attached hydrogens (primary N) is 1. The van der Waals surface area contributed by atoms with E-state index in [-0.39, 0.29) is 18.6 Å². The molecule has 0 spiro atoms. The fourth-order valence-electron chi connectivity index (χ4n) is 2.65. The first-order valence-corrected chi connectivity index (χ1v) is 6.68. The van der Waals surface area contributed by atoms with Gasteiger partial charge in [0, 0.05) is 31.8 Å². The monoisotopic (exact) mass is 288 g/mol. The quantitative estimate of drug-likeness (QED) is 0.863. The van der Waals surface area contributed by atoms with Crippen molar-refractivity contribution in [2.24, 2.45) is 5.73 Å². The number of hydrogen-bond acceptors (Lipinski definition) is 3. The van der Waals surface area contributed by atoms with Gasteiger partial charge < -0.3 is 10.5 Å². The summed E-state index contributed by atoms with van der Waals surface area (Å²) in [4.78, 5) is 1.99. The van der Waals surface area contributed by atoms with Crippen molar-refractivity contribution in [3.63, 3.8) is 0 Å². The van der Waals surface area contributed by atoms with Crippen LogP contribution in [0.2, 0.25) is 0 Å². The summed E-state index contributed by atoms with van der Waals surface area (Å²) >= 11 is 0. The van der Waals surface area contributed by atoms with Gasteiger partial charge in [-0.15, -0.1) is 0 Å². The molecular weight excluding hydrogens is 269 g/mol. The largest absolute Gasteiger partial charge is 0.381 e. The highest BCUT2D eigenvalue weighted by Gasteiger charge is 2.26. The molecule has 1 aromatic rings. The molecule has 1 unspecified atom stereocenters. The van der Waals surface area contributed by atoms with E-state index in [2.05, 4.69) is 0 Å². The molecule has 0 amide bonds. The molecule has 0 bridgehead atoms. The number of likely N-dealkylation sites (N-methyl/N-ethyl adjacent to an activating group) is 1. The fourth-order valence-corrected chi connectivity index (χ4v) is 2.65. The zero-order valence-corrected chi connectivity index (χ0v) is 11.4. The predicted octanol–water partition coefficient (Wildman–Crippen LogP) is 2.21. The number of ether oxygens (including phenoxy) is 1. The summed E-state index contributed by atoms with van der Waals surface area (Å²) in [6.07, 6.45) is 1.69. The Bertz CT molecular complexity index is 441. The average Bonchev–Trinajstić information content (AvgIpc) is 2.46.